The van der Waals surface area contributed by atoms with E-state index in [4.69, 9.17) is 28.4 Å². The summed E-state index contributed by atoms with van der Waals surface area (Å²) in [6.07, 6.45) is 4.82. The molecule has 0 N–H and O–H groups in total. The molecule has 5 rings (SSSR count). The summed E-state index contributed by atoms with van der Waals surface area (Å²) in [5.74, 6) is -1.07. The Kier molecular flexibility index (Phi) is 15.2. The van der Waals surface area contributed by atoms with Crippen molar-refractivity contribution in [1.82, 2.24) is 4.90 Å². The summed E-state index contributed by atoms with van der Waals surface area (Å²) >= 11 is 1.47. The van der Waals surface area contributed by atoms with Crippen LogP contribution in [-0.2, 0) is 38.1 Å². The number of benzene rings is 2. The maximum Gasteiger partial charge on any atom is 0.311 e. The third-order valence-electron chi connectivity index (χ3n) is 9.61. The molecule has 12 nitrogen and oxygen atoms in total. The van der Waals surface area contributed by atoms with Gasteiger partial charge in [-0.2, -0.15) is 0 Å². The highest BCUT2D eigenvalue weighted by Crippen LogP contribution is 2.47. The van der Waals surface area contributed by atoms with E-state index < -0.39 is 35.9 Å². The first-order valence-corrected chi connectivity index (χ1v) is 19.9. The number of nitrogens with zero attached hydrogens (tertiary/aromatic N) is 1. The minimum Gasteiger partial charge on any atom is -0.497 e. The molecule has 1 fully saturated rings. The highest BCUT2D eigenvalue weighted by atomic mass is 32.1. The van der Waals surface area contributed by atoms with E-state index in [-0.39, 0.29) is 37.8 Å². The Balaban J connectivity index is 1.28. The highest BCUT2D eigenvalue weighted by molar-refractivity contribution is 7.17. The number of hydrogen-bond acceptors (Lipinski definition) is 13. The van der Waals surface area contributed by atoms with Gasteiger partial charge in [0.25, 0.3) is 0 Å². The number of rotatable bonds is 18. The molecule has 2 aromatic carbocycles. The number of ether oxygens (including phenoxy) is 6. The molecule has 2 atom stereocenters. The zero-order valence-corrected chi connectivity index (χ0v) is 33.6. The standard InChI is InChI=1S/C43H51NO11S/c1-27(22-39(48)55-36(25-52-29(3)45)26-53-30(4)46)21-38(47)54-35-23-28(2)40-37(24-35)56-43(32-11-13-33(50-5)14-12-32)41(40)42(49)31-9-15-34(16-10-31)51-20-19-44-17-7-6-8-18-44/h9-16,24,27-28,36H,6-8,17-23,25-26H2,1-5H3. The molecule has 2 unspecified atom stereocenters. The van der Waals surface area contributed by atoms with Crippen molar-refractivity contribution in [3.63, 3.8) is 0 Å². The van der Waals surface area contributed by atoms with Crippen molar-refractivity contribution >= 4 is 47.1 Å². The zero-order chi connectivity index (χ0) is 40.2. The van der Waals surface area contributed by atoms with Crippen molar-refractivity contribution in [3.05, 3.63) is 75.9 Å². The van der Waals surface area contributed by atoms with Gasteiger partial charge in [0.05, 0.1) is 7.11 Å². The first kappa shape index (κ1) is 42.1. The fourth-order valence-corrected chi connectivity index (χ4v) is 8.21. The predicted octanol–water partition coefficient (Wildman–Crippen LogP) is 7.37. The maximum absolute atomic E-state index is 14.4. The first-order chi connectivity index (χ1) is 26.9. The van der Waals surface area contributed by atoms with Crippen LogP contribution in [0.25, 0.3) is 16.5 Å². The molecule has 300 valence electrons. The van der Waals surface area contributed by atoms with Crippen molar-refractivity contribution < 1.29 is 52.4 Å². The van der Waals surface area contributed by atoms with Crippen LogP contribution in [0.4, 0.5) is 0 Å². The van der Waals surface area contributed by atoms with Gasteiger partial charge in [0.2, 0.25) is 0 Å². The lowest BCUT2D eigenvalue weighted by Gasteiger charge is -2.26. The fraction of sp³-hybridized carbons (Fsp3) is 0.465. The summed E-state index contributed by atoms with van der Waals surface area (Å²) in [4.78, 5) is 66.7. The average molecular weight is 790 g/mol. The average Bonchev–Trinajstić information content (AvgIpc) is 3.56. The van der Waals surface area contributed by atoms with Crippen LogP contribution in [0.2, 0.25) is 0 Å². The lowest BCUT2D eigenvalue weighted by Crippen LogP contribution is -2.33. The Hall–Kier alpha value is -5.01. The lowest BCUT2D eigenvalue weighted by atomic mass is 9.85. The van der Waals surface area contributed by atoms with Crippen LogP contribution in [0, 0.1) is 5.92 Å². The first-order valence-electron chi connectivity index (χ1n) is 19.1. The van der Waals surface area contributed by atoms with Crippen LogP contribution in [0.5, 0.6) is 11.5 Å². The van der Waals surface area contributed by atoms with Gasteiger partial charge < -0.3 is 28.4 Å². The maximum atomic E-state index is 14.4. The van der Waals surface area contributed by atoms with E-state index >= 15 is 0 Å². The monoisotopic (exact) mass is 789 g/mol. The van der Waals surface area contributed by atoms with Gasteiger partial charge in [-0.3, -0.25) is 28.9 Å². The Labute approximate surface area is 332 Å². The number of esters is 4. The number of piperidine rings is 1. The molecule has 0 saturated carbocycles. The predicted molar refractivity (Wildman–Crippen MR) is 211 cm³/mol. The van der Waals surface area contributed by atoms with Gasteiger partial charge in [-0.25, -0.2) is 0 Å². The number of ketones is 1. The summed E-state index contributed by atoms with van der Waals surface area (Å²) in [6, 6.07) is 14.9. The van der Waals surface area contributed by atoms with Crippen molar-refractivity contribution in [2.75, 3.05) is 46.6 Å². The summed E-state index contributed by atoms with van der Waals surface area (Å²) in [6.45, 7) is 9.32. The highest BCUT2D eigenvalue weighted by Gasteiger charge is 2.32. The van der Waals surface area contributed by atoms with Crippen molar-refractivity contribution in [3.8, 4) is 21.9 Å². The topological polar surface area (TPSA) is 144 Å². The van der Waals surface area contributed by atoms with Gasteiger partial charge in [0.1, 0.15) is 37.1 Å². The van der Waals surface area contributed by atoms with Crippen LogP contribution in [0.3, 0.4) is 0 Å². The van der Waals surface area contributed by atoms with Crippen molar-refractivity contribution in [1.29, 1.82) is 0 Å². The number of thiophene rings is 1. The van der Waals surface area contributed by atoms with E-state index in [2.05, 4.69) is 4.90 Å². The number of allylic oxidation sites excluding steroid dienone is 1. The van der Waals surface area contributed by atoms with Crippen LogP contribution in [-0.4, -0.2) is 87.2 Å². The third-order valence-corrected chi connectivity index (χ3v) is 10.8. The number of likely N-dealkylation sites (tertiary alicyclic amines) is 1. The van der Waals surface area contributed by atoms with Gasteiger partial charge in [-0.1, -0.05) is 20.3 Å². The van der Waals surface area contributed by atoms with E-state index in [1.807, 2.05) is 61.5 Å². The fourth-order valence-electron chi connectivity index (χ4n) is 6.83. The molecule has 0 bridgehead atoms. The molecule has 1 aromatic heterocycles. The third kappa shape index (κ3) is 12.0. The Morgan fingerprint density at radius 3 is 2.09 bits per heavy atom. The number of hydrogen-bond donors (Lipinski definition) is 0. The van der Waals surface area contributed by atoms with Crippen LogP contribution >= 0.6 is 11.3 Å². The van der Waals surface area contributed by atoms with Gasteiger partial charge in [0, 0.05) is 60.5 Å². The van der Waals surface area contributed by atoms with Crippen molar-refractivity contribution in [2.24, 2.45) is 5.92 Å². The summed E-state index contributed by atoms with van der Waals surface area (Å²) < 4.78 is 32.5. The van der Waals surface area contributed by atoms with E-state index in [0.29, 0.717) is 35.7 Å². The van der Waals surface area contributed by atoms with Crippen molar-refractivity contribution in [2.45, 2.75) is 78.2 Å². The molecule has 0 radical (unpaired) electrons. The van der Waals surface area contributed by atoms with E-state index in [0.717, 1.165) is 46.3 Å². The van der Waals surface area contributed by atoms with E-state index in [9.17, 15) is 24.0 Å². The van der Waals surface area contributed by atoms with E-state index in [1.54, 1.807) is 14.0 Å². The number of methoxy groups -OCH3 is 1. The second-order valence-electron chi connectivity index (χ2n) is 14.3. The minimum atomic E-state index is -0.976. The summed E-state index contributed by atoms with van der Waals surface area (Å²) in [5, 5.41) is 0. The quantitative estimate of drug-likeness (QED) is 0.0721. The van der Waals surface area contributed by atoms with Gasteiger partial charge in [-0.05, 0) is 104 Å². The van der Waals surface area contributed by atoms with E-state index in [1.165, 1.54) is 44.4 Å². The van der Waals surface area contributed by atoms with Crippen LogP contribution in [0.1, 0.15) is 98.5 Å². The van der Waals surface area contributed by atoms with Gasteiger partial charge >= 0.3 is 23.9 Å². The number of carbonyl (C=O) groups excluding carboxylic acids is 5. The molecular formula is C43H51NO11S. The number of carbonyl (C=O) groups is 5. The molecule has 1 aliphatic carbocycles. The molecule has 56 heavy (non-hydrogen) atoms. The second kappa shape index (κ2) is 20.2. The Morgan fingerprint density at radius 1 is 0.839 bits per heavy atom. The molecule has 1 saturated heterocycles. The summed E-state index contributed by atoms with van der Waals surface area (Å²) in [7, 11) is 1.61. The van der Waals surface area contributed by atoms with Gasteiger partial charge in [-0.15, -0.1) is 11.3 Å². The second-order valence-corrected chi connectivity index (χ2v) is 15.4. The normalized spacial score (nSPS) is 15.9. The van der Waals surface area contributed by atoms with Crippen LogP contribution in [0.15, 0.2) is 54.3 Å². The minimum absolute atomic E-state index is 0.0600. The summed E-state index contributed by atoms with van der Waals surface area (Å²) in [5.41, 5.74) is 2.94. The molecule has 2 aliphatic rings. The van der Waals surface area contributed by atoms with Crippen LogP contribution < -0.4 is 9.47 Å². The Bertz CT molecular complexity index is 1860. The molecule has 0 spiro atoms. The zero-order valence-electron chi connectivity index (χ0n) is 32.8. The molecule has 1 aliphatic heterocycles. The lowest BCUT2D eigenvalue weighted by molar-refractivity contribution is -0.166. The smallest absolute Gasteiger partial charge is 0.311 e. The van der Waals surface area contributed by atoms with Gasteiger partial charge in [0.15, 0.2) is 11.9 Å². The Morgan fingerprint density at radius 2 is 1.46 bits per heavy atom. The molecule has 3 aromatic rings. The largest absolute Gasteiger partial charge is 0.497 e. The SMILES string of the molecule is COc1ccc(-c2sc3c(c2C(=O)c2ccc(OCCN4CCCCC4)cc2)C(C)CC(OC(=O)CC(C)CC(=O)OC(COC(C)=O)COC(C)=O)=C3)cc1. The number of fused-ring (bicyclic) bond motifs is 1. The molecule has 0 amide bonds. The molecule has 13 heteroatoms. The molecule has 2 heterocycles. The molecular weight excluding hydrogens is 739 g/mol.